The van der Waals surface area contributed by atoms with Gasteiger partial charge in [0.1, 0.15) is 4.90 Å². The Balaban J connectivity index is 3.18. The zero-order valence-electron chi connectivity index (χ0n) is 10.4. The Labute approximate surface area is 118 Å². The molecule has 0 unspecified atom stereocenters. The number of rotatable bonds is 3. The molecule has 0 fully saturated rings. The Bertz CT molecular complexity index is 551. The molecule has 0 aliphatic carbocycles. The average molecular weight is 311 g/mol. The van der Waals surface area contributed by atoms with Crippen molar-refractivity contribution in [3.8, 4) is 0 Å². The standard InChI is InChI=1S/C11H16Cl2N2O2S/c1-11(2,3)6-15-18(16,17)10-7(12)4-5-8(14)9(10)13/h4-5,15H,6,14H2,1-3H3. The molecular weight excluding hydrogens is 295 g/mol. The number of nitrogens with one attached hydrogen (secondary N) is 1. The normalized spacial score (nSPS) is 12.7. The summed E-state index contributed by atoms with van der Waals surface area (Å²) in [5.41, 5.74) is 5.58. The first kappa shape index (κ1) is 15.6. The van der Waals surface area contributed by atoms with Gasteiger partial charge in [-0.15, -0.1) is 0 Å². The maximum absolute atomic E-state index is 12.1. The fourth-order valence-electron chi connectivity index (χ4n) is 1.18. The lowest BCUT2D eigenvalue weighted by atomic mass is 9.98. The van der Waals surface area contributed by atoms with E-state index >= 15 is 0 Å². The van der Waals surface area contributed by atoms with Gasteiger partial charge in [0, 0.05) is 6.54 Å². The number of halogens is 2. The van der Waals surface area contributed by atoms with E-state index in [2.05, 4.69) is 4.72 Å². The van der Waals surface area contributed by atoms with Gasteiger partial charge in [0.15, 0.2) is 0 Å². The molecule has 0 spiro atoms. The second-order valence-corrected chi connectivity index (χ2v) is 7.65. The van der Waals surface area contributed by atoms with Crippen LogP contribution in [-0.4, -0.2) is 15.0 Å². The van der Waals surface area contributed by atoms with Crippen LogP contribution in [0.3, 0.4) is 0 Å². The highest BCUT2D eigenvalue weighted by atomic mass is 35.5. The molecule has 1 aromatic carbocycles. The second-order valence-electron chi connectivity index (χ2n) is 5.16. The largest absolute Gasteiger partial charge is 0.397 e. The van der Waals surface area contributed by atoms with E-state index < -0.39 is 10.0 Å². The van der Waals surface area contributed by atoms with E-state index in [4.69, 9.17) is 28.9 Å². The van der Waals surface area contributed by atoms with Crippen LogP contribution >= 0.6 is 23.2 Å². The molecule has 0 saturated carbocycles. The van der Waals surface area contributed by atoms with E-state index in [9.17, 15) is 8.42 Å². The topological polar surface area (TPSA) is 72.2 Å². The minimum absolute atomic E-state index is 0.0515. The van der Waals surface area contributed by atoms with Crippen molar-refractivity contribution < 1.29 is 8.42 Å². The summed E-state index contributed by atoms with van der Waals surface area (Å²) in [6.45, 7) is 6.02. The number of hydrogen-bond acceptors (Lipinski definition) is 3. The molecular formula is C11H16Cl2N2O2S. The minimum Gasteiger partial charge on any atom is -0.397 e. The summed E-state index contributed by atoms with van der Waals surface area (Å²) in [5, 5.41) is -0.000446. The molecule has 102 valence electrons. The molecule has 0 bridgehead atoms. The third-order valence-corrected chi connectivity index (χ3v) is 4.57. The third kappa shape index (κ3) is 3.75. The summed E-state index contributed by atoms with van der Waals surface area (Å²) in [6.07, 6.45) is 0. The number of hydrogen-bond donors (Lipinski definition) is 2. The van der Waals surface area contributed by atoms with Crippen LogP contribution in [0.15, 0.2) is 17.0 Å². The first-order valence-corrected chi connectivity index (χ1v) is 7.52. The zero-order chi connectivity index (χ0) is 14.1. The van der Waals surface area contributed by atoms with Crippen molar-refractivity contribution >= 4 is 38.9 Å². The summed E-state index contributed by atoms with van der Waals surface area (Å²) in [6, 6.07) is 2.88. The molecule has 3 N–H and O–H groups in total. The van der Waals surface area contributed by atoms with E-state index in [-0.39, 0.29) is 32.6 Å². The van der Waals surface area contributed by atoms with Crippen LogP contribution in [0.25, 0.3) is 0 Å². The molecule has 0 saturated heterocycles. The molecule has 0 amide bonds. The second kappa shape index (κ2) is 5.25. The van der Waals surface area contributed by atoms with Crippen molar-refractivity contribution in [2.75, 3.05) is 12.3 Å². The smallest absolute Gasteiger partial charge is 0.243 e. The van der Waals surface area contributed by atoms with Crippen LogP contribution in [0.4, 0.5) is 5.69 Å². The van der Waals surface area contributed by atoms with Gasteiger partial charge < -0.3 is 5.73 Å². The van der Waals surface area contributed by atoms with Crippen molar-refractivity contribution in [1.29, 1.82) is 0 Å². The highest BCUT2D eigenvalue weighted by Gasteiger charge is 2.24. The van der Waals surface area contributed by atoms with Crippen molar-refractivity contribution in [2.24, 2.45) is 5.41 Å². The van der Waals surface area contributed by atoms with Gasteiger partial charge in [-0.2, -0.15) is 0 Å². The molecule has 0 heterocycles. The molecule has 0 aliphatic rings. The minimum atomic E-state index is -3.77. The zero-order valence-corrected chi connectivity index (χ0v) is 12.7. The lowest BCUT2D eigenvalue weighted by molar-refractivity contribution is 0.407. The predicted octanol–water partition coefficient (Wildman–Crippen LogP) is 2.90. The Kier molecular flexibility index (Phi) is 4.54. The number of sulfonamides is 1. The Hall–Kier alpha value is -0.490. The van der Waals surface area contributed by atoms with E-state index in [1.165, 1.54) is 12.1 Å². The fourth-order valence-corrected chi connectivity index (χ4v) is 3.60. The Morgan fingerprint density at radius 1 is 1.28 bits per heavy atom. The monoisotopic (exact) mass is 310 g/mol. The van der Waals surface area contributed by atoms with Gasteiger partial charge >= 0.3 is 0 Å². The summed E-state index contributed by atoms with van der Waals surface area (Å²) < 4.78 is 26.7. The van der Waals surface area contributed by atoms with Gasteiger partial charge in [-0.1, -0.05) is 44.0 Å². The van der Waals surface area contributed by atoms with Crippen molar-refractivity contribution in [2.45, 2.75) is 25.7 Å². The summed E-state index contributed by atoms with van der Waals surface area (Å²) in [5.74, 6) is 0. The molecule has 1 rings (SSSR count). The predicted molar refractivity (Wildman–Crippen MR) is 75.5 cm³/mol. The van der Waals surface area contributed by atoms with Crippen LogP contribution in [-0.2, 0) is 10.0 Å². The fraction of sp³-hybridized carbons (Fsp3) is 0.455. The van der Waals surface area contributed by atoms with Gasteiger partial charge in [0.25, 0.3) is 0 Å². The number of benzene rings is 1. The Morgan fingerprint density at radius 2 is 1.83 bits per heavy atom. The van der Waals surface area contributed by atoms with Gasteiger partial charge in [-0.05, 0) is 17.5 Å². The molecule has 4 nitrogen and oxygen atoms in total. The van der Waals surface area contributed by atoms with Crippen LogP contribution < -0.4 is 10.5 Å². The number of nitrogen functional groups attached to an aromatic ring is 1. The third-order valence-electron chi connectivity index (χ3n) is 2.14. The Morgan fingerprint density at radius 3 is 2.33 bits per heavy atom. The maximum Gasteiger partial charge on any atom is 0.243 e. The summed E-state index contributed by atoms with van der Waals surface area (Å²) in [7, 11) is -3.77. The van der Waals surface area contributed by atoms with Crippen LogP contribution in [0, 0.1) is 5.41 Å². The maximum atomic E-state index is 12.1. The van der Waals surface area contributed by atoms with E-state index in [0.717, 1.165) is 0 Å². The molecule has 0 radical (unpaired) electrons. The van der Waals surface area contributed by atoms with Gasteiger partial charge in [0.05, 0.1) is 15.7 Å². The highest BCUT2D eigenvalue weighted by molar-refractivity contribution is 7.89. The lowest BCUT2D eigenvalue weighted by Crippen LogP contribution is -2.32. The first-order valence-electron chi connectivity index (χ1n) is 5.28. The van der Waals surface area contributed by atoms with Crippen LogP contribution in [0.1, 0.15) is 20.8 Å². The molecule has 7 heteroatoms. The van der Waals surface area contributed by atoms with Gasteiger partial charge in [0.2, 0.25) is 10.0 Å². The van der Waals surface area contributed by atoms with Gasteiger partial charge in [-0.25, -0.2) is 13.1 Å². The van der Waals surface area contributed by atoms with Crippen LogP contribution in [0.5, 0.6) is 0 Å². The van der Waals surface area contributed by atoms with Crippen molar-refractivity contribution in [1.82, 2.24) is 4.72 Å². The van der Waals surface area contributed by atoms with E-state index in [1.54, 1.807) is 0 Å². The quantitative estimate of drug-likeness (QED) is 0.843. The number of anilines is 1. The molecule has 18 heavy (non-hydrogen) atoms. The SMILES string of the molecule is CC(C)(C)CNS(=O)(=O)c1c(Cl)ccc(N)c1Cl. The molecule has 1 aromatic rings. The first-order chi connectivity index (χ1) is 8.04. The molecule has 0 aromatic heterocycles. The summed E-state index contributed by atoms with van der Waals surface area (Å²) >= 11 is 11.8. The molecule has 0 atom stereocenters. The van der Waals surface area contributed by atoms with Gasteiger partial charge in [-0.3, -0.25) is 0 Å². The van der Waals surface area contributed by atoms with Crippen LogP contribution in [0.2, 0.25) is 10.0 Å². The van der Waals surface area contributed by atoms with Crippen molar-refractivity contribution in [3.05, 3.63) is 22.2 Å². The summed E-state index contributed by atoms with van der Waals surface area (Å²) in [4.78, 5) is -0.171. The highest BCUT2D eigenvalue weighted by Crippen LogP contribution is 2.33. The number of nitrogens with two attached hydrogens (primary N) is 1. The van der Waals surface area contributed by atoms with E-state index in [1.807, 2.05) is 20.8 Å². The molecule has 0 aliphatic heterocycles. The lowest BCUT2D eigenvalue weighted by Gasteiger charge is -2.19. The van der Waals surface area contributed by atoms with E-state index in [0.29, 0.717) is 0 Å². The average Bonchev–Trinajstić information content (AvgIpc) is 2.20. The van der Waals surface area contributed by atoms with Crippen molar-refractivity contribution in [3.63, 3.8) is 0 Å².